The van der Waals surface area contributed by atoms with Gasteiger partial charge in [-0.2, -0.15) is 0 Å². The molecule has 53 heavy (non-hydrogen) atoms. The first kappa shape index (κ1) is 40.5. The SMILES string of the molecule is CCCCC1=Cc2c(-c3cc(C)cc(C)c3)c(C)c(C)c(C)c2[CH]1[Zr]([Cl])([Cl])([CH2]C)[CH]1C(CCCC)=Cc2c(-c3cc(C)cc(C)c3)c(C)c(C)c(C)c21. The van der Waals surface area contributed by atoms with Gasteiger partial charge in [0.2, 0.25) is 0 Å². The molecule has 6 rings (SSSR count). The first-order valence-corrected chi connectivity index (χ1v) is 31.3. The fourth-order valence-corrected chi connectivity index (χ4v) is 28.8. The van der Waals surface area contributed by atoms with Crippen LogP contribution in [0.1, 0.15) is 144 Å². The maximum atomic E-state index is 8.91. The van der Waals surface area contributed by atoms with Crippen molar-refractivity contribution >= 4 is 29.2 Å². The van der Waals surface area contributed by atoms with E-state index in [-0.39, 0.29) is 7.25 Å². The molecule has 3 heteroatoms. The summed E-state index contributed by atoms with van der Waals surface area (Å²) in [7, 11) is 17.8. The van der Waals surface area contributed by atoms with Gasteiger partial charge in [-0.1, -0.05) is 0 Å². The van der Waals surface area contributed by atoms with Crippen LogP contribution in [0.15, 0.2) is 47.5 Å². The summed E-state index contributed by atoms with van der Waals surface area (Å²) in [5.74, 6) is 0. The summed E-state index contributed by atoms with van der Waals surface area (Å²) in [4.78, 5) is 0. The number of hydrogen-bond donors (Lipinski definition) is 0. The molecule has 2 unspecified atom stereocenters. The van der Waals surface area contributed by atoms with E-state index >= 15 is 0 Å². The van der Waals surface area contributed by atoms with Crippen LogP contribution in [0.4, 0.5) is 0 Å². The molecule has 4 aromatic carbocycles. The molecule has 0 radical (unpaired) electrons. The van der Waals surface area contributed by atoms with Gasteiger partial charge < -0.3 is 0 Å². The van der Waals surface area contributed by atoms with E-state index in [0.717, 1.165) is 42.7 Å². The molecule has 0 aromatic heterocycles. The second-order valence-electron chi connectivity index (χ2n) is 17.1. The molecule has 0 aliphatic heterocycles. The Morgan fingerprint density at radius 3 is 1.11 bits per heavy atom. The summed E-state index contributed by atoms with van der Waals surface area (Å²) in [6.45, 7) is 29.9. The summed E-state index contributed by atoms with van der Waals surface area (Å²) >= 11 is -5.06. The average molecular weight is 826 g/mol. The van der Waals surface area contributed by atoms with E-state index in [9.17, 15) is 0 Å². The Balaban J connectivity index is 1.71. The Morgan fingerprint density at radius 2 is 0.811 bits per heavy atom. The molecule has 2 atom stereocenters. The minimum absolute atomic E-state index is 0.0573. The van der Waals surface area contributed by atoms with Gasteiger partial charge in [-0.05, 0) is 0 Å². The number of fused-ring (bicyclic) bond motifs is 2. The first-order chi connectivity index (χ1) is 25.0. The van der Waals surface area contributed by atoms with Crippen LogP contribution in [-0.2, 0) is 16.4 Å². The van der Waals surface area contributed by atoms with Crippen LogP contribution < -0.4 is 0 Å². The van der Waals surface area contributed by atoms with E-state index in [0.29, 0.717) is 0 Å². The predicted octanol–water partition coefficient (Wildman–Crippen LogP) is 16.5. The van der Waals surface area contributed by atoms with Crippen LogP contribution in [-0.4, -0.2) is 0 Å². The number of allylic oxidation sites excluding steroid dienone is 2. The van der Waals surface area contributed by atoms with Gasteiger partial charge in [0.15, 0.2) is 0 Å². The van der Waals surface area contributed by atoms with Crippen LogP contribution in [0.5, 0.6) is 0 Å². The van der Waals surface area contributed by atoms with Gasteiger partial charge in [0.05, 0.1) is 0 Å². The Labute approximate surface area is 330 Å². The topological polar surface area (TPSA) is 0 Å². The summed E-state index contributed by atoms with van der Waals surface area (Å²) in [5.41, 5.74) is 27.5. The van der Waals surface area contributed by atoms with Gasteiger partial charge in [-0.25, -0.2) is 0 Å². The van der Waals surface area contributed by atoms with Gasteiger partial charge in [0, 0.05) is 0 Å². The molecule has 0 saturated carbocycles. The van der Waals surface area contributed by atoms with Crippen molar-refractivity contribution in [2.45, 2.75) is 140 Å². The molecule has 2 aliphatic rings. The van der Waals surface area contributed by atoms with Gasteiger partial charge >= 0.3 is 333 Å². The van der Waals surface area contributed by atoms with Gasteiger partial charge in [-0.3, -0.25) is 0 Å². The monoisotopic (exact) mass is 823 g/mol. The third-order valence-corrected chi connectivity index (χ3v) is 34.1. The van der Waals surface area contributed by atoms with Crippen LogP contribution >= 0.6 is 17.0 Å². The fraction of sp³-hybridized carbons (Fsp3) is 0.440. The standard InChI is InChI=1S/2C24H29.C2H5.2ClH.Zr/c2*1-7-8-9-20-13-22-18(5)17(4)19(6)24(23(22)14-20)21-11-15(2)10-16(3)12-21;1-2;;;/h2*10-14H,7-9H2,1-6H3;1H2,2H3;2*1H;/q;;;;;+2/p-2. The molecule has 0 nitrogen and oxygen atoms in total. The van der Waals surface area contributed by atoms with E-state index < -0.39 is 16.4 Å². The Kier molecular flexibility index (Phi) is 11.5. The van der Waals surface area contributed by atoms with E-state index in [2.05, 4.69) is 139 Å². The molecule has 0 saturated heterocycles. The van der Waals surface area contributed by atoms with Crippen molar-refractivity contribution in [2.24, 2.45) is 0 Å². The molecule has 0 fully saturated rings. The molecule has 0 N–H and O–H groups in total. The quantitative estimate of drug-likeness (QED) is 0.141. The van der Waals surface area contributed by atoms with Crippen molar-refractivity contribution in [2.75, 3.05) is 0 Å². The summed E-state index contributed by atoms with van der Waals surface area (Å²) < 4.78 is 0.950. The summed E-state index contributed by atoms with van der Waals surface area (Å²) in [6, 6.07) is 14.1. The third-order valence-electron chi connectivity index (χ3n) is 13.4. The molecular weight excluding hydrogens is 763 g/mol. The van der Waals surface area contributed by atoms with E-state index in [1.165, 1.54) is 111 Å². The second-order valence-corrected chi connectivity index (χ2v) is 40.0. The average Bonchev–Trinajstić information content (AvgIpc) is 3.68. The van der Waals surface area contributed by atoms with Crippen LogP contribution in [0.25, 0.3) is 34.4 Å². The molecule has 0 amide bonds. The van der Waals surface area contributed by atoms with Gasteiger partial charge in [0.1, 0.15) is 0 Å². The Morgan fingerprint density at radius 1 is 0.472 bits per heavy atom. The van der Waals surface area contributed by atoms with Crippen LogP contribution in [0, 0.1) is 69.2 Å². The van der Waals surface area contributed by atoms with Crippen molar-refractivity contribution in [3.63, 3.8) is 0 Å². The van der Waals surface area contributed by atoms with Crippen molar-refractivity contribution < 1.29 is 16.4 Å². The number of benzene rings is 4. The second kappa shape index (κ2) is 15.1. The Bertz CT molecular complexity index is 2000. The number of aryl methyl sites for hydroxylation is 4. The fourth-order valence-electron chi connectivity index (χ4n) is 10.5. The molecule has 2 aliphatic carbocycles. The molecule has 281 valence electrons. The Hall–Kier alpha value is -2.18. The van der Waals surface area contributed by atoms with Crippen molar-refractivity contribution in [1.82, 2.24) is 0 Å². The third kappa shape index (κ3) is 6.76. The minimum atomic E-state index is -5.06. The molecule has 0 bridgehead atoms. The summed E-state index contributed by atoms with van der Waals surface area (Å²) in [6.07, 6.45) is 11.8. The zero-order valence-corrected chi connectivity index (χ0v) is 38.9. The molecule has 0 spiro atoms. The maximum absolute atomic E-state index is 8.91. The number of halogens is 2. The van der Waals surface area contributed by atoms with E-state index in [4.69, 9.17) is 17.0 Å². The molecule has 4 aromatic rings. The van der Waals surface area contributed by atoms with E-state index in [1.54, 1.807) is 0 Å². The van der Waals surface area contributed by atoms with Crippen LogP contribution in [0.2, 0.25) is 4.13 Å². The number of unbranched alkanes of at least 4 members (excludes halogenated alkanes) is 2. The number of hydrogen-bond acceptors (Lipinski definition) is 0. The zero-order chi connectivity index (χ0) is 38.8. The summed E-state index contributed by atoms with van der Waals surface area (Å²) in [5, 5.41) is 0. The normalized spacial score (nSPS) is 17.4. The predicted molar refractivity (Wildman–Crippen MR) is 234 cm³/mol. The van der Waals surface area contributed by atoms with E-state index in [1.807, 2.05) is 0 Å². The van der Waals surface area contributed by atoms with Gasteiger partial charge in [0.25, 0.3) is 0 Å². The van der Waals surface area contributed by atoms with Crippen LogP contribution in [0.3, 0.4) is 0 Å². The number of rotatable bonds is 11. The molecule has 0 heterocycles. The zero-order valence-electron chi connectivity index (χ0n) is 35.0. The van der Waals surface area contributed by atoms with Crippen molar-refractivity contribution in [3.05, 3.63) is 125 Å². The van der Waals surface area contributed by atoms with Crippen molar-refractivity contribution in [1.29, 1.82) is 0 Å². The van der Waals surface area contributed by atoms with Gasteiger partial charge in [-0.15, -0.1) is 0 Å². The molecular formula is C50H63Cl2Zr. The first-order valence-electron chi connectivity index (χ1n) is 20.4. The van der Waals surface area contributed by atoms with Crippen molar-refractivity contribution in [3.8, 4) is 22.3 Å².